The van der Waals surface area contributed by atoms with E-state index in [0.717, 1.165) is 65.8 Å². The molecule has 0 aliphatic carbocycles. The van der Waals surface area contributed by atoms with E-state index >= 15 is 0 Å². The molecule has 3 heterocycles. The molecule has 4 aromatic carbocycles. The van der Waals surface area contributed by atoms with Crippen molar-refractivity contribution in [2.45, 2.75) is 0 Å². The summed E-state index contributed by atoms with van der Waals surface area (Å²) < 4.78 is 18.4. The van der Waals surface area contributed by atoms with Gasteiger partial charge in [0.15, 0.2) is 0 Å². The van der Waals surface area contributed by atoms with Crippen molar-refractivity contribution in [1.29, 1.82) is 0 Å². The Hall–Kier alpha value is -3.14. The topological polar surface area (TPSA) is 39.4 Å². The molecule has 0 N–H and O–H groups in total. The highest BCUT2D eigenvalue weighted by Gasteiger charge is 2.18. The summed E-state index contributed by atoms with van der Waals surface area (Å²) in [5.74, 6) is 0. The lowest BCUT2D eigenvalue weighted by Gasteiger charge is -1.94. The number of hydrogen-bond donors (Lipinski definition) is 0. The first-order valence-corrected chi connectivity index (χ1v) is 9.90. The predicted molar refractivity (Wildman–Crippen MR) is 118 cm³/mol. The Bertz CT molecular complexity index is 1780. The first-order chi connectivity index (χ1) is 14.2. The molecule has 0 atom stereocenters. The van der Waals surface area contributed by atoms with Crippen LogP contribution in [0.4, 0.5) is 0 Å². The molecule has 29 heavy (non-hydrogen) atoms. The average Bonchev–Trinajstić information content (AvgIpc) is 3.35. The van der Waals surface area contributed by atoms with Crippen molar-refractivity contribution in [3.05, 3.63) is 70.7 Å². The maximum absolute atomic E-state index is 6.22. The van der Waals surface area contributed by atoms with Gasteiger partial charge in [0.1, 0.15) is 33.5 Å². The molecule has 0 unspecified atom stereocenters. The van der Waals surface area contributed by atoms with Crippen molar-refractivity contribution in [1.82, 2.24) is 0 Å². The van der Waals surface area contributed by atoms with Gasteiger partial charge < -0.3 is 13.3 Å². The van der Waals surface area contributed by atoms with E-state index in [-0.39, 0.29) is 0 Å². The Balaban J connectivity index is 1.69. The number of hydrogen-bond acceptors (Lipinski definition) is 3. The zero-order chi connectivity index (χ0) is 19.3. The molecule has 5 heteroatoms. The van der Waals surface area contributed by atoms with E-state index in [1.165, 1.54) is 0 Å². The first kappa shape index (κ1) is 15.7. The smallest absolute Gasteiger partial charge is 0.136 e. The molecule has 0 saturated carbocycles. The zero-order valence-electron chi connectivity index (χ0n) is 14.8. The Morgan fingerprint density at radius 3 is 1.62 bits per heavy atom. The van der Waals surface area contributed by atoms with Gasteiger partial charge in [0, 0.05) is 54.5 Å². The van der Waals surface area contributed by atoms with Crippen LogP contribution in [0.5, 0.6) is 0 Å². The molecule has 0 radical (unpaired) electrons. The standard InChI is InChI=1S/C24H10Cl2O3/c25-11-1-3-13-15-9-22-16(10-21(15)29-19(13)7-11)24-18(28-22)6-5-17-23(24)14-4-2-12(26)8-20(14)27-17/h1-10H. The molecular weight excluding hydrogens is 407 g/mol. The molecule has 7 rings (SSSR count). The van der Waals surface area contributed by atoms with Gasteiger partial charge in [-0.15, -0.1) is 0 Å². The lowest BCUT2D eigenvalue weighted by Crippen LogP contribution is -1.72. The molecule has 0 spiro atoms. The van der Waals surface area contributed by atoms with Crippen molar-refractivity contribution < 1.29 is 13.3 Å². The van der Waals surface area contributed by atoms with Crippen molar-refractivity contribution in [2.75, 3.05) is 0 Å². The molecule has 7 aromatic rings. The van der Waals surface area contributed by atoms with Crippen LogP contribution >= 0.6 is 23.2 Å². The molecule has 0 amide bonds. The van der Waals surface area contributed by atoms with Gasteiger partial charge >= 0.3 is 0 Å². The van der Waals surface area contributed by atoms with E-state index in [1.54, 1.807) is 0 Å². The first-order valence-electron chi connectivity index (χ1n) is 9.14. The molecule has 138 valence electrons. The Morgan fingerprint density at radius 1 is 0.414 bits per heavy atom. The van der Waals surface area contributed by atoms with Crippen LogP contribution in [0.3, 0.4) is 0 Å². The van der Waals surface area contributed by atoms with Crippen molar-refractivity contribution >= 4 is 89.0 Å². The molecule has 0 bridgehead atoms. The SMILES string of the molecule is Clc1ccc2c(c1)oc1cc3c(cc12)oc1ccc2oc4cc(Cl)ccc4c2c13. The average molecular weight is 417 g/mol. The second-order valence-electron chi connectivity index (χ2n) is 7.24. The van der Waals surface area contributed by atoms with Crippen LogP contribution in [0, 0.1) is 0 Å². The van der Waals surface area contributed by atoms with Crippen molar-refractivity contribution in [3.8, 4) is 0 Å². The summed E-state index contributed by atoms with van der Waals surface area (Å²) in [4.78, 5) is 0. The van der Waals surface area contributed by atoms with Crippen molar-refractivity contribution in [2.24, 2.45) is 0 Å². The summed E-state index contributed by atoms with van der Waals surface area (Å²) in [6.45, 7) is 0. The van der Waals surface area contributed by atoms with Gasteiger partial charge in [-0.2, -0.15) is 0 Å². The fourth-order valence-electron chi connectivity index (χ4n) is 4.35. The molecular formula is C24H10Cl2O3. The van der Waals surface area contributed by atoms with E-state index < -0.39 is 0 Å². The second kappa shape index (κ2) is 5.26. The van der Waals surface area contributed by atoms with Crippen LogP contribution in [-0.4, -0.2) is 0 Å². The van der Waals surface area contributed by atoms with E-state index in [1.807, 2.05) is 60.7 Å². The van der Waals surface area contributed by atoms with Crippen molar-refractivity contribution in [3.63, 3.8) is 0 Å². The van der Waals surface area contributed by atoms with Crippen LogP contribution in [0.1, 0.15) is 0 Å². The summed E-state index contributed by atoms with van der Waals surface area (Å²) in [6, 6.07) is 19.3. The fraction of sp³-hybridized carbons (Fsp3) is 0. The van der Waals surface area contributed by atoms with Crippen LogP contribution in [0.25, 0.3) is 65.8 Å². The fourth-order valence-corrected chi connectivity index (χ4v) is 4.67. The molecule has 0 saturated heterocycles. The quantitative estimate of drug-likeness (QED) is 0.248. The monoisotopic (exact) mass is 416 g/mol. The third-order valence-corrected chi connectivity index (χ3v) is 6.06. The summed E-state index contributed by atoms with van der Waals surface area (Å²) in [7, 11) is 0. The third kappa shape index (κ3) is 2.04. The Morgan fingerprint density at radius 2 is 0.897 bits per heavy atom. The lowest BCUT2D eigenvalue weighted by atomic mass is 10.0. The largest absolute Gasteiger partial charge is 0.456 e. The molecule has 0 aliphatic rings. The Kier molecular flexibility index (Phi) is 2.86. The minimum Gasteiger partial charge on any atom is -0.456 e. The highest BCUT2D eigenvalue weighted by Crippen LogP contribution is 2.42. The van der Waals surface area contributed by atoms with E-state index in [4.69, 9.17) is 36.5 Å². The van der Waals surface area contributed by atoms with Gasteiger partial charge in [-0.05, 0) is 48.5 Å². The van der Waals surface area contributed by atoms with Gasteiger partial charge in [-0.1, -0.05) is 23.2 Å². The number of halogens is 2. The Labute approximate surface area is 173 Å². The molecule has 3 aromatic heterocycles. The summed E-state index contributed by atoms with van der Waals surface area (Å²) in [5, 5.41) is 7.34. The maximum Gasteiger partial charge on any atom is 0.136 e. The second-order valence-corrected chi connectivity index (χ2v) is 8.12. The zero-order valence-corrected chi connectivity index (χ0v) is 16.3. The molecule has 0 fully saturated rings. The molecule has 3 nitrogen and oxygen atoms in total. The normalized spacial score (nSPS) is 12.5. The van der Waals surface area contributed by atoms with Gasteiger partial charge in [0.2, 0.25) is 0 Å². The summed E-state index contributed by atoms with van der Waals surface area (Å²) in [6.07, 6.45) is 0. The number of furan rings is 3. The van der Waals surface area contributed by atoms with Crippen LogP contribution in [0.2, 0.25) is 10.0 Å². The van der Waals surface area contributed by atoms with Crippen LogP contribution < -0.4 is 0 Å². The van der Waals surface area contributed by atoms with Gasteiger partial charge in [-0.25, -0.2) is 0 Å². The maximum atomic E-state index is 6.22. The van der Waals surface area contributed by atoms with Crippen LogP contribution in [0.15, 0.2) is 73.9 Å². The highest BCUT2D eigenvalue weighted by atomic mass is 35.5. The number of benzene rings is 4. The van der Waals surface area contributed by atoms with Gasteiger partial charge in [-0.3, -0.25) is 0 Å². The number of rotatable bonds is 0. The highest BCUT2D eigenvalue weighted by molar-refractivity contribution is 6.33. The summed E-state index contributed by atoms with van der Waals surface area (Å²) >= 11 is 12.3. The van der Waals surface area contributed by atoms with Crippen LogP contribution in [-0.2, 0) is 0 Å². The summed E-state index contributed by atoms with van der Waals surface area (Å²) in [5.41, 5.74) is 4.73. The molecule has 0 aliphatic heterocycles. The lowest BCUT2D eigenvalue weighted by molar-refractivity contribution is 0.661. The minimum absolute atomic E-state index is 0.646. The van der Waals surface area contributed by atoms with E-state index in [2.05, 4.69) is 0 Å². The number of fused-ring (bicyclic) bond motifs is 10. The third-order valence-electron chi connectivity index (χ3n) is 5.59. The van der Waals surface area contributed by atoms with E-state index in [0.29, 0.717) is 10.0 Å². The minimum atomic E-state index is 0.646. The van der Waals surface area contributed by atoms with Gasteiger partial charge in [0.25, 0.3) is 0 Å². The van der Waals surface area contributed by atoms with E-state index in [9.17, 15) is 0 Å². The van der Waals surface area contributed by atoms with Gasteiger partial charge in [0.05, 0.1) is 0 Å². The predicted octanol–water partition coefficient (Wildman–Crippen LogP) is 8.69.